The van der Waals surface area contributed by atoms with Crippen molar-refractivity contribution in [2.45, 2.75) is 256 Å². The molecule has 9 N–H and O–H groups in total. The van der Waals surface area contributed by atoms with Gasteiger partial charge in [-0.1, -0.05) is 97.9 Å². The lowest BCUT2D eigenvalue weighted by Crippen LogP contribution is -2.65. The minimum absolute atomic E-state index is 0. The molecule has 0 aromatic rings. The quantitative estimate of drug-likeness (QED) is 0.0462. The third kappa shape index (κ3) is 25.4. The zero-order valence-electron chi connectivity index (χ0n) is 56.4. The van der Waals surface area contributed by atoms with Crippen molar-refractivity contribution in [2.75, 3.05) is 18.5 Å². The summed E-state index contributed by atoms with van der Waals surface area (Å²) < 4.78 is 56.4. The maximum absolute atomic E-state index is 12.6. The fraction of sp³-hybridized carbons (Fsp3) is 0.852. The SMILES string of the molecule is C.C.CC(=O)C(C)NC(=O)C(C)C.CC(CP)C(=O)NC(C)C(=O)C[C@@H](C)B(O)O.CC(CP)C(=O)NC(C)C(=O)C[C@@H](C)B1O[C@@H]2C[C@@H]3C[C@@H](C3(C)C)[C@]2(C)O1.CC(CP)C(=O)NC(C)C(=O)O.C[C@H](N)B1O[C@@H]2C[C@@H]3C[C@@H](C3(C)C)[C@]2(C)O1.O=C([O-])C(F)(F)F. The largest absolute Gasteiger partial charge is 0.542 e. The van der Waals surface area contributed by atoms with Gasteiger partial charge in [0, 0.05) is 42.5 Å². The summed E-state index contributed by atoms with van der Waals surface area (Å²) in [6, 6.07) is -2.24. The highest BCUT2D eigenvalue weighted by Crippen LogP contribution is 2.67. The van der Waals surface area contributed by atoms with Crippen LogP contribution in [0.1, 0.15) is 185 Å². The van der Waals surface area contributed by atoms with Crippen LogP contribution in [0.15, 0.2) is 0 Å². The molecule has 21 atom stereocenters. The van der Waals surface area contributed by atoms with E-state index < -0.39 is 49.2 Å². The molecule has 31 heteroatoms. The molecule has 0 aromatic carbocycles. The van der Waals surface area contributed by atoms with Gasteiger partial charge in [0.25, 0.3) is 0 Å². The van der Waals surface area contributed by atoms with Crippen LogP contribution in [0, 0.1) is 58.2 Å². The van der Waals surface area contributed by atoms with Crippen molar-refractivity contribution in [2.24, 2.45) is 63.9 Å². The van der Waals surface area contributed by atoms with E-state index in [2.05, 4.69) is 90.5 Å². The van der Waals surface area contributed by atoms with Crippen molar-refractivity contribution in [3.8, 4) is 0 Å². The van der Waals surface area contributed by atoms with E-state index in [1.54, 1.807) is 55.4 Å². The normalized spacial score (nSPS) is 27.0. The Labute approximate surface area is 554 Å². The molecule has 532 valence electrons. The number of carbonyl (C=O) groups is 9. The molecule has 4 bridgehead atoms. The zero-order valence-corrected chi connectivity index (χ0v) is 59.9. The number of nitrogens with two attached hydrogens (primary N) is 1. The topological polar surface area (TPSA) is 348 Å². The predicted molar refractivity (Wildman–Crippen MR) is 361 cm³/mol. The number of alkyl halides is 3. The van der Waals surface area contributed by atoms with Gasteiger partial charge in [-0.15, -0.1) is 27.7 Å². The molecule has 2 saturated heterocycles. The van der Waals surface area contributed by atoms with Gasteiger partial charge in [-0.2, -0.15) is 13.2 Å². The van der Waals surface area contributed by atoms with Crippen molar-refractivity contribution in [1.82, 2.24) is 21.3 Å². The number of Topliss-reactive ketones (excluding diaryl/α,β-unsaturated/α-hetero) is 3. The van der Waals surface area contributed by atoms with Gasteiger partial charge in [-0.05, 0) is 139 Å². The van der Waals surface area contributed by atoms with Gasteiger partial charge in [-0.3, -0.25) is 38.4 Å². The van der Waals surface area contributed by atoms with Crippen LogP contribution in [0.25, 0.3) is 0 Å². The summed E-state index contributed by atoms with van der Waals surface area (Å²) in [5.74, 6) is -3.14. The molecule has 0 aromatic heterocycles. The summed E-state index contributed by atoms with van der Waals surface area (Å²) >= 11 is 0. The van der Waals surface area contributed by atoms with Gasteiger partial charge < -0.3 is 70.7 Å². The van der Waals surface area contributed by atoms with Crippen LogP contribution in [-0.2, 0) is 61.8 Å². The standard InChI is InChI=1S/C20H35BNO4P.C12H22BNO2.C10H21BNO4P.C8H15NO2.C7H14NO3P.C2HF3O2.2CH4/c1-11(10-27)18(24)22-13(3)15(23)7-12(2)21-25-17-9-14-8-16(19(14,4)5)20(17,6)26-21;1-7(14)13-15-10-6-8-5-9(11(8,2)3)12(10,4)16-13;1-6(5-17)10(14)12-8(3)9(13)4-7(2)11(15)16;1-5(2)8(11)9-6(3)7(4)10;1-4(3-12)6(9)8-5(2)7(10)11;3-2(4,5)1(6)7;;/h11-14,16-17H,7-10,27H2,1-6H3,(H,22,24);7-10H,5-6,14H2,1-4H3;6-8,15-16H,4-5,17H2,1-3H3,(H,12,14);5-6H,1-4H3,(H,9,11);4-5H,3,12H2,1-2H3,(H,8,9)(H,10,11);(H,6,7);2*1H4/p-1/t11?,12-,13?,14+,16+,17-,20+;7-,8-,9-,10+,12-;6?,7-,8?;;;;;/m101...../s1. The van der Waals surface area contributed by atoms with Crippen LogP contribution in [-0.4, -0.2) is 168 Å². The van der Waals surface area contributed by atoms with Crippen LogP contribution >= 0.6 is 27.7 Å². The van der Waals surface area contributed by atoms with E-state index >= 15 is 0 Å². The van der Waals surface area contributed by atoms with Crippen LogP contribution in [0.3, 0.4) is 0 Å². The van der Waals surface area contributed by atoms with Crippen LogP contribution in [0.2, 0.25) is 11.6 Å². The first-order valence-corrected chi connectivity index (χ1v) is 33.6. The summed E-state index contributed by atoms with van der Waals surface area (Å²) in [6.07, 6.45) is 2.27. The van der Waals surface area contributed by atoms with E-state index in [0.29, 0.717) is 53.5 Å². The van der Waals surface area contributed by atoms with Gasteiger partial charge in [0.1, 0.15) is 12.0 Å². The second-order valence-corrected chi connectivity index (χ2v) is 28.9. The number of carboxylic acid groups (broad SMARTS) is 2. The van der Waals surface area contributed by atoms with E-state index in [1.807, 2.05) is 20.8 Å². The lowest BCUT2D eigenvalue weighted by atomic mass is 9.43. The summed E-state index contributed by atoms with van der Waals surface area (Å²) in [5, 5.41) is 45.4. The Morgan fingerprint density at radius 1 is 0.587 bits per heavy atom. The number of carboxylic acids is 2. The first-order valence-electron chi connectivity index (χ1n) is 31.2. The average molecular weight is 1370 g/mol. The van der Waals surface area contributed by atoms with Crippen LogP contribution < -0.4 is 32.1 Å². The van der Waals surface area contributed by atoms with E-state index in [1.165, 1.54) is 26.7 Å². The monoisotopic (exact) mass is 1370 g/mol. The first-order chi connectivity index (χ1) is 41.0. The molecule has 4 amide bonds. The fourth-order valence-electron chi connectivity index (χ4n) is 11.6. The van der Waals surface area contributed by atoms with Crippen molar-refractivity contribution in [3.63, 3.8) is 0 Å². The highest BCUT2D eigenvalue weighted by atomic mass is 31.0. The van der Waals surface area contributed by atoms with Crippen molar-refractivity contribution < 1.29 is 95.2 Å². The predicted octanol–water partition coefficient (Wildman–Crippen LogP) is 5.90. The number of aliphatic carboxylic acids is 2. The summed E-state index contributed by atoms with van der Waals surface area (Å²) in [5.41, 5.74) is 6.28. The second-order valence-electron chi connectivity index (χ2n) is 27.5. The third-order valence-corrected chi connectivity index (χ3v) is 21.0. The van der Waals surface area contributed by atoms with Crippen molar-refractivity contribution >= 4 is 102 Å². The molecule has 6 saturated carbocycles. The smallest absolute Gasteiger partial charge is 0.475 e. The molecule has 92 heavy (non-hydrogen) atoms. The molecule has 22 nitrogen and oxygen atoms in total. The number of rotatable bonds is 22. The minimum atomic E-state index is -5.19. The second kappa shape index (κ2) is 38.7. The van der Waals surface area contributed by atoms with Crippen molar-refractivity contribution in [1.29, 1.82) is 0 Å². The van der Waals surface area contributed by atoms with E-state index in [0.717, 1.165) is 18.8 Å². The third-order valence-electron chi connectivity index (χ3n) is 18.9. The Morgan fingerprint density at radius 3 is 1.21 bits per heavy atom. The molecular formula is C61H115B3F3N5O17P3-. The van der Waals surface area contributed by atoms with Gasteiger partial charge in [0.05, 0.1) is 41.5 Å². The molecule has 0 radical (unpaired) electrons. The van der Waals surface area contributed by atoms with Gasteiger partial charge in [0.15, 0.2) is 17.3 Å². The average Bonchev–Trinajstić information content (AvgIpc) is 1.36. The molecule has 8 rings (SSSR count). The number of carbonyl (C=O) groups excluding carboxylic acids is 8. The maximum Gasteiger partial charge on any atom is 0.475 e. The Morgan fingerprint density at radius 2 is 0.913 bits per heavy atom. The van der Waals surface area contributed by atoms with Crippen molar-refractivity contribution in [3.05, 3.63) is 0 Å². The lowest BCUT2D eigenvalue weighted by molar-refractivity contribution is -0.344. The molecule has 6 aliphatic carbocycles. The molecule has 8 aliphatic rings. The number of hydrogen-bond donors (Lipinski definition) is 8. The molecule has 0 spiro atoms. The van der Waals surface area contributed by atoms with Gasteiger partial charge >= 0.3 is 33.5 Å². The number of hydrogen-bond acceptors (Lipinski definition) is 17. The fourth-order valence-corrected chi connectivity index (χ4v) is 12.2. The molecule has 8 fully saturated rings. The van der Waals surface area contributed by atoms with Crippen LogP contribution in [0.4, 0.5) is 13.2 Å². The van der Waals surface area contributed by atoms with Crippen LogP contribution in [0.5, 0.6) is 0 Å². The highest BCUT2D eigenvalue weighted by molar-refractivity contribution is 7.16. The lowest BCUT2D eigenvalue weighted by Gasteiger charge is -2.64. The Hall–Kier alpha value is -3.18. The molecule has 2 aliphatic heterocycles. The highest BCUT2D eigenvalue weighted by Gasteiger charge is 2.69. The van der Waals surface area contributed by atoms with E-state index in [4.69, 9.17) is 49.4 Å². The summed E-state index contributed by atoms with van der Waals surface area (Å²) in [7, 11) is 5.43. The summed E-state index contributed by atoms with van der Waals surface area (Å²) in [4.78, 5) is 99.7. The Balaban J connectivity index is 0. The van der Waals surface area contributed by atoms with E-state index in [-0.39, 0.29) is 141 Å². The first kappa shape index (κ1) is 90.9. The Bertz CT molecular complexity index is 2440. The molecule has 2 heterocycles. The number of ketones is 3. The molecular weight excluding hydrogens is 1260 g/mol. The number of nitrogens with one attached hydrogen (secondary N) is 4. The summed E-state index contributed by atoms with van der Waals surface area (Å²) in [6.45, 7) is 36.3. The van der Waals surface area contributed by atoms with Gasteiger partial charge in [-0.25, -0.2) is 0 Å². The molecule has 10 unspecified atom stereocenters. The van der Waals surface area contributed by atoms with Gasteiger partial charge in [0.2, 0.25) is 23.6 Å². The number of halogens is 3. The minimum Gasteiger partial charge on any atom is -0.542 e. The maximum atomic E-state index is 12.6. The zero-order chi connectivity index (χ0) is 70.3. The Kier molecular flexibility index (Phi) is 38.2. The number of amides is 4. The van der Waals surface area contributed by atoms with E-state index in [9.17, 15) is 51.5 Å².